The Balaban J connectivity index is 1.69. The molecule has 3 rings (SSSR count). The molecule has 5 heteroatoms. The molecule has 118 valence electrons. The van der Waals surface area contributed by atoms with Crippen LogP contribution in [0.4, 0.5) is 0 Å². The molecule has 0 aromatic heterocycles. The van der Waals surface area contributed by atoms with Crippen molar-refractivity contribution in [3.8, 4) is 0 Å². The molecule has 0 aromatic carbocycles. The van der Waals surface area contributed by atoms with Gasteiger partial charge in [-0.3, -0.25) is 9.59 Å². The Morgan fingerprint density at radius 1 is 1.05 bits per heavy atom. The summed E-state index contributed by atoms with van der Waals surface area (Å²) in [5.74, 6) is -0.667. The molecule has 2 aliphatic heterocycles. The first-order valence-corrected chi connectivity index (χ1v) is 8.20. The summed E-state index contributed by atoms with van der Waals surface area (Å²) in [6, 6.07) is 0.351. The van der Waals surface area contributed by atoms with Gasteiger partial charge in [-0.1, -0.05) is 12.8 Å². The summed E-state index contributed by atoms with van der Waals surface area (Å²) in [5, 5.41) is 19.0. The van der Waals surface area contributed by atoms with Crippen LogP contribution in [0.25, 0.3) is 0 Å². The molecular formula is C16H25NO4. The molecule has 2 atom stereocenters. The number of rotatable bonds is 4. The van der Waals surface area contributed by atoms with Crippen molar-refractivity contribution in [1.29, 1.82) is 0 Å². The topological polar surface area (TPSA) is 77.8 Å². The summed E-state index contributed by atoms with van der Waals surface area (Å²) in [6.07, 6.45) is 7.35. The molecule has 1 saturated carbocycles. The molecule has 1 aliphatic carbocycles. The van der Waals surface area contributed by atoms with E-state index in [2.05, 4.69) is 0 Å². The number of hydrogen-bond donors (Lipinski definition) is 2. The molecule has 1 amide bonds. The number of nitrogens with zero attached hydrogens (tertiary/aromatic N) is 1. The standard InChI is InChI=1S/C16H25NO4/c18-13-7-11-3-4-12(8-13)17(11)14(19)9-16(10-15(20)21)5-1-2-6-16/h11-13,18H,1-10H2,(H,20,21). The van der Waals surface area contributed by atoms with Gasteiger partial charge in [-0.25, -0.2) is 0 Å². The van der Waals surface area contributed by atoms with E-state index >= 15 is 0 Å². The van der Waals surface area contributed by atoms with Crippen molar-refractivity contribution in [1.82, 2.24) is 4.90 Å². The lowest BCUT2D eigenvalue weighted by Gasteiger charge is -2.39. The molecule has 3 aliphatic rings. The van der Waals surface area contributed by atoms with Crippen molar-refractivity contribution in [2.45, 2.75) is 82.4 Å². The second-order valence-electron chi connectivity index (χ2n) is 7.27. The van der Waals surface area contributed by atoms with Crippen LogP contribution in [-0.2, 0) is 9.59 Å². The van der Waals surface area contributed by atoms with E-state index in [4.69, 9.17) is 5.11 Å². The summed E-state index contributed by atoms with van der Waals surface area (Å²) in [6.45, 7) is 0. The Labute approximate surface area is 125 Å². The monoisotopic (exact) mass is 295 g/mol. The quantitative estimate of drug-likeness (QED) is 0.830. The fourth-order valence-electron chi connectivity index (χ4n) is 4.83. The highest BCUT2D eigenvalue weighted by Crippen LogP contribution is 2.46. The van der Waals surface area contributed by atoms with Crippen LogP contribution < -0.4 is 0 Å². The molecule has 2 bridgehead atoms. The van der Waals surface area contributed by atoms with Crippen molar-refractivity contribution < 1.29 is 19.8 Å². The number of aliphatic carboxylic acids is 1. The second kappa shape index (κ2) is 5.59. The molecule has 0 aromatic rings. The number of fused-ring (bicyclic) bond motifs is 2. The number of amides is 1. The average Bonchev–Trinajstić information content (AvgIpc) is 2.92. The summed E-state index contributed by atoms with van der Waals surface area (Å²) in [5.41, 5.74) is -0.321. The van der Waals surface area contributed by atoms with Gasteiger partial charge in [0.2, 0.25) is 5.91 Å². The summed E-state index contributed by atoms with van der Waals surface area (Å²) >= 11 is 0. The minimum absolute atomic E-state index is 0.116. The molecule has 21 heavy (non-hydrogen) atoms. The van der Waals surface area contributed by atoms with Crippen molar-refractivity contribution in [3.05, 3.63) is 0 Å². The van der Waals surface area contributed by atoms with Gasteiger partial charge in [-0.05, 0) is 43.9 Å². The molecule has 2 saturated heterocycles. The highest BCUT2D eigenvalue weighted by Gasteiger charge is 2.46. The van der Waals surface area contributed by atoms with E-state index in [-0.39, 0.29) is 35.9 Å². The van der Waals surface area contributed by atoms with Crippen LogP contribution in [0.1, 0.15) is 64.2 Å². The van der Waals surface area contributed by atoms with Gasteiger partial charge in [0.25, 0.3) is 0 Å². The number of carboxylic acid groups (broad SMARTS) is 1. The van der Waals surface area contributed by atoms with Crippen molar-refractivity contribution in [3.63, 3.8) is 0 Å². The van der Waals surface area contributed by atoms with Gasteiger partial charge in [-0.15, -0.1) is 0 Å². The maximum atomic E-state index is 12.8. The van der Waals surface area contributed by atoms with E-state index in [1.807, 2.05) is 4.90 Å². The lowest BCUT2D eigenvalue weighted by Crippen LogP contribution is -2.49. The minimum Gasteiger partial charge on any atom is -0.481 e. The molecular weight excluding hydrogens is 270 g/mol. The smallest absolute Gasteiger partial charge is 0.303 e. The Morgan fingerprint density at radius 3 is 2.14 bits per heavy atom. The number of piperidine rings is 1. The van der Waals surface area contributed by atoms with Gasteiger partial charge in [-0.2, -0.15) is 0 Å². The van der Waals surface area contributed by atoms with Gasteiger partial charge in [0.1, 0.15) is 0 Å². The molecule has 0 radical (unpaired) electrons. The van der Waals surface area contributed by atoms with Crippen LogP contribution >= 0.6 is 0 Å². The van der Waals surface area contributed by atoms with Crippen LogP contribution in [0.3, 0.4) is 0 Å². The summed E-state index contributed by atoms with van der Waals surface area (Å²) < 4.78 is 0. The molecule has 5 nitrogen and oxygen atoms in total. The zero-order valence-electron chi connectivity index (χ0n) is 12.5. The Bertz CT molecular complexity index is 416. The highest BCUT2D eigenvalue weighted by atomic mass is 16.4. The molecule has 2 N–H and O–H groups in total. The number of carboxylic acids is 1. The Kier molecular flexibility index (Phi) is 3.95. The molecule has 0 spiro atoms. The first kappa shape index (κ1) is 14.8. The number of carbonyl (C=O) groups is 2. The SMILES string of the molecule is O=C(O)CC1(CC(=O)N2C3CCC2CC(O)C3)CCCC1. The zero-order chi connectivity index (χ0) is 15.0. The van der Waals surface area contributed by atoms with Crippen molar-refractivity contribution in [2.24, 2.45) is 5.41 Å². The maximum Gasteiger partial charge on any atom is 0.303 e. The van der Waals surface area contributed by atoms with E-state index < -0.39 is 5.97 Å². The van der Waals surface area contributed by atoms with Crippen LogP contribution in [0.5, 0.6) is 0 Å². The van der Waals surface area contributed by atoms with Gasteiger partial charge >= 0.3 is 5.97 Å². The largest absolute Gasteiger partial charge is 0.481 e. The van der Waals surface area contributed by atoms with Gasteiger partial charge in [0.05, 0.1) is 12.5 Å². The lowest BCUT2D eigenvalue weighted by atomic mass is 9.78. The van der Waals surface area contributed by atoms with Crippen LogP contribution in [0.15, 0.2) is 0 Å². The molecule has 3 fully saturated rings. The number of hydrogen-bond acceptors (Lipinski definition) is 3. The van der Waals surface area contributed by atoms with Crippen molar-refractivity contribution >= 4 is 11.9 Å². The van der Waals surface area contributed by atoms with Crippen LogP contribution in [0, 0.1) is 5.41 Å². The van der Waals surface area contributed by atoms with Crippen molar-refractivity contribution in [2.75, 3.05) is 0 Å². The van der Waals surface area contributed by atoms with Crippen LogP contribution in [-0.4, -0.2) is 45.2 Å². The van der Waals surface area contributed by atoms with Gasteiger partial charge in [0.15, 0.2) is 0 Å². The third-order valence-electron chi connectivity index (χ3n) is 5.71. The predicted octanol–water partition coefficient (Wildman–Crippen LogP) is 1.93. The number of carbonyl (C=O) groups excluding carboxylic acids is 1. The summed E-state index contributed by atoms with van der Waals surface area (Å²) in [4.78, 5) is 25.9. The fraction of sp³-hybridized carbons (Fsp3) is 0.875. The zero-order valence-corrected chi connectivity index (χ0v) is 12.5. The van der Waals surface area contributed by atoms with E-state index in [1.54, 1.807) is 0 Å². The highest BCUT2D eigenvalue weighted by molar-refractivity contribution is 5.79. The normalized spacial score (nSPS) is 34.1. The third kappa shape index (κ3) is 2.93. The molecule has 2 heterocycles. The van der Waals surface area contributed by atoms with E-state index in [1.165, 1.54) is 0 Å². The number of aliphatic hydroxyl groups excluding tert-OH is 1. The Hall–Kier alpha value is -1.10. The molecule has 2 unspecified atom stereocenters. The van der Waals surface area contributed by atoms with Gasteiger partial charge < -0.3 is 15.1 Å². The van der Waals surface area contributed by atoms with E-state index in [0.29, 0.717) is 19.3 Å². The Morgan fingerprint density at radius 2 is 1.62 bits per heavy atom. The average molecular weight is 295 g/mol. The number of aliphatic hydroxyl groups is 1. The van der Waals surface area contributed by atoms with E-state index in [9.17, 15) is 14.7 Å². The third-order valence-corrected chi connectivity index (χ3v) is 5.71. The maximum absolute atomic E-state index is 12.8. The second-order valence-corrected chi connectivity index (χ2v) is 7.27. The van der Waals surface area contributed by atoms with E-state index in [0.717, 1.165) is 38.5 Å². The van der Waals surface area contributed by atoms with Crippen LogP contribution in [0.2, 0.25) is 0 Å². The minimum atomic E-state index is -0.790. The summed E-state index contributed by atoms with van der Waals surface area (Å²) in [7, 11) is 0. The fourth-order valence-corrected chi connectivity index (χ4v) is 4.83. The van der Waals surface area contributed by atoms with Gasteiger partial charge in [0, 0.05) is 18.5 Å². The lowest BCUT2D eigenvalue weighted by molar-refractivity contribution is -0.143. The first-order chi connectivity index (χ1) is 9.99. The predicted molar refractivity (Wildman–Crippen MR) is 76.7 cm³/mol. The first-order valence-electron chi connectivity index (χ1n) is 8.20.